The van der Waals surface area contributed by atoms with Gasteiger partial charge in [0.2, 0.25) is 0 Å². The summed E-state index contributed by atoms with van der Waals surface area (Å²) in [6, 6.07) is 61.4. The Balaban J connectivity index is 1.33. The van der Waals surface area contributed by atoms with Gasteiger partial charge in [-0.3, -0.25) is 4.40 Å². The lowest BCUT2D eigenvalue weighted by atomic mass is 9.91. The van der Waals surface area contributed by atoms with Gasteiger partial charge >= 0.3 is 0 Å². The fourth-order valence-electron chi connectivity index (χ4n) is 7.52. The molecule has 2 nitrogen and oxygen atoms in total. The van der Waals surface area contributed by atoms with Gasteiger partial charge in [0, 0.05) is 16.2 Å². The molecule has 0 amide bonds. The molecular formula is C45H28N2. The van der Waals surface area contributed by atoms with Crippen LogP contribution in [0.2, 0.25) is 0 Å². The number of aromatic nitrogens is 2. The van der Waals surface area contributed by atoms with Crippen molar-refractivity contribution in [2.75, 3.05) is 0 Å². The molecule has 2 heterocycles. The Morgan fingerprint density at radius 1 is 0.362 bits per heavy atom. The van der Waals surface area contributed by atoms with E-state index >= 15 is 0 Å². The van der Waals surface area contributed by atoms with Gasteiger partial charge in [-0.2, -0.15) is 0 Å². The molecule has 0 N–H and O–H groups in total. The molecule has 0 saturated heterocycles. The Morgan fingerprint density at radius 2 is 0.957 bits per heavy atom. The van der Waals surface area contributed by atoms with Crippen LogP contribution in [0, 0.1) is 0 Å². The van der Waals surface area contributed by atoms with Crippen LogP contribution in [0.3, 0.4) is 0 Å². The molecule has 0 aliphatic heterocycles. The molecule has 0 aliphatic carbocycles. The van der Waals surface area contributed by atoms with Crippen LogP contribution in [-0.4, -0.2) is 9.38 Å². The Bertz CT molecular complexity index is 2810. The quantitative estimate of drug-likeness (QED) is 0.185. The molecule has 47 heavy (non-hydrogen) atoms. The molecule has 10 rings (SSSR count). The summed E-state index contributed by atoms with van der Waals surface area (Å²) in [7, 11) is 0. The van der Waals surface area contributed by atoms with E-state index in [1.54, 1.807) is 0 Å². The summed E-state index contributed by atoms with van der Waals surface area (Å²) in [4.78, 5) is 5.48. The lowest BCUT2D eigenvalue weighted by molar-refractivity contribution is 1.32. The van der Waals surface area contributed by atoms with Crippen molar-refractivity contribution < 1.29 is 0 Å². The number of hydrogen-bond acceptors (Lipinski definition) is 1. The highest BCUT2D eigenvalue weighted by Crippen LogP contribution is 2.42. The maximum Gasteiger partial charge on any atom is 0.147 e. The largest absolute Gasteiger partial charge is 0.292 e. The van der Waals surface area contributed by atoms with E-state index in [1.165, 1.54) is 71.1 Å². The molecule has 0 bridgehead atoms. The first-order chi connectivity index (χ1) is 23.3. The fourth-order valence-corrected chi connectivity index (χ4v) is 7.52. The summed E-state index contributed by atoms with van der Waals surface area (Å²) in [5.74, 6) is 0. The van der Waals surface area contributed by atoms with Crippen molar-refractivity contribution in [1.29, 1.82) is 0 Å². The zero-order valence-corrected chi connectivity index (χ0v) is 25.6. The van der Waals surface area contributed by atoms with E-state index in [4.69, 9.17) is 4.98 Å². The summed E-state index contributed by atoms with van der Waals surface area (Å²) in [6.07, 6.45) is 0. The van der Waals surface area contributed by atoms with Crippen molar-refractivity contribution in [3.8, 4) is 33.4 Å². The number of benzene rings is 8. The normalized spacial score (nSPS) is 11.8. The smallest absolute Gasteiger partial charge is 0.147 e. The third-order valence-electron chi connectivity index (χ3n) is 9.76. The lowest BCUT2D eigenvalue weighted by Crippen LogP contribution is -1.94. The Morgan fingerprint density at radius 3 is 1.72 bits per heavy atom. The van der Waals surface area contributed by atoms with Crippen LogP contribution in [0.5, 0.6) is 0 Å². The first kappa shape index (κ1) is 26.0. The van der Waals surface area contributed by atoms with Crippen LogP contribution < -0.4 is 0 Å². The topological polar surface area (TPSA) is 17.3 Å². The van der Waals surface area contributed by atoms with Crippen molar-refractivity contribution >= 4 is 59.9 Å². The molecule has 0 spiro atoms. The number of fused-ring (bicyclic) bond motifs is 12. The van der Waals surface area contributed by atoms with Crippen LogP contribution >= 0.6 is 0 Å². The minimum Gasteiger partial charge on any atom is -0.292 e. The average Bonchev–Trinajstić information content (AvgIpc) is 3.55. The minimum atomic E-state index is 0.992. The summed E-state index contributed by atoms with van der Waals surface area (Å²) in [5, 5.41) is 8.45. The highest BCUT2D eigenvalue weighted by molar-refractivity contribution is 6.26. The molecule has 0 atom stereocenters. The number of nitrogens with zero attached hydrogens (tertiary/aromatic N) is 2. The number of rotatable bonds is 3. The van der Waals surface area contributed by atoms with E-state index in [2.05, 4.69) is 174 Å². The zero-order valence-electron chi connectivity index (χ0n) is 25.6. The Hall–Kier alpha value is -6.25. The fraction of sp³-hybridized carbons (Fsp3) is 0. The average molecular weight is 597 g/mol. The van der Waals surface area contributed by atoms with Gasteiger partial charge in [-0.1, -0.05) is 152 Å². The second kappa shape index (κ2) is 10.1. The molecule has 10 aromatic rings. The standard InChI is InChI=1S/C45H28N2/c1-3-11-29(12-4-1)30-19-21-31(22-20-30)34-23-25-37-40-28-39(32-13-5-2-6-14-32)36-17-9-10-18-38(36)43(40)45-46-44-35-16-8-7-15-33(35)24-26-41(44)47(45)42(37)27-34/h1-28H. The third-order valence-corrected chi connectivity index (χ3v) is 9.76. The van der Waals surface area contributed by atoms with E-state index in [0.717, 1.165) is 22.2 Å². The first-order valence-corrected chi connectivity index (χ1v) is 16.1. The molecule has 0 radical (unpaired) electrons. The molecule has 0 unspecified atom stereocenters. The van der Waals surface area contributed by atoms with Gasteiger partial charge in [-0.05, 0) is 73.1 Å². The molecular weight excluding hydrogens is 569 g/mol. The van der Waals surface area contributed by atoms with Gasteiger partial charge in [0.25, 0.3) is 0 Å². The minimum absolute atomic E-state index is 0.992. The molecule has 2 aromatic heterocycles. The van der Waals surface area contributed by atoms with E-state index < -0.39 is 0 Å². The van der Waals surface area contributed by atoms with Crippen molar-refractivity contribution in [2.45, 2.75) is 0 Å². The maximum atomic E-state index is 5.48. The molecule has 218 valence electrons. The number of pyridine rings is 1. The monoisotopic (exact) mass is 596 g/mol. The third kappa shape index (κ3) is 3.95. The summed E-state index contributed by atoms with van der Waals surface area (Å²) in [5.41, 5.74) is 11.6. The van der Waals surface area contributed by atoms with E-state index in [9.17, 15) is 0 Å². The second-order valence-electron chi connectivity index (χ2n) is 12.4. The van der Waals surface area contributed by atoms with Crippen molar-refractivity contribution in [1.82, 2.24) is 9.38 Å². The summed E-state index contributed by atoms with van der Waals surface area (Å²) < 4.78 is 2.40. The first-order valence-electron chi connectivity index (χ1n) is 16.1. The van der Waals surface area contributed by atoms with Crippen molar-refractivity contribution in [2.24, 2.45) is 0 Å². The highest BCUT2D eigenvalue weighted by Gasteiger charge is 2.19. The van der Waals surface area contributed by atoms with Crippen LogP contribution in [0.1, 0.15) is 0 Å². The molecule has 0 aliphatic rings. The maximum absolute atomic E-state index is 5.48. The predicted octanol–water partition coefficient (Wildman–Crippen LogP) is 12.1. The lowest BCUT2D eigenvalue weighted by Gasteiger charge is -2.16. The van der Waals surface area contributed by atoms with Gasteiger partial charge in [0.15, 0.2) is 0 Å². The molecule has 0 saturated carbocycles. The molecule has 8 aromatic carbocycles. The van der Waals surface area contributed by atoms with Crippen LogP contribution in [0.15, 0.2) is 170 Å². The Kier molecular flexibility index (Phi) is 5.61. The van der Waals surface area contributed by atoms with Crippen LogP contribution in [-0.2, 0) is 0 Å². The Labute approximate surface area is 271 Å². The summed E-state index contributed by atoms with van der Waals surface area (Å²) >= 11 is 0. The van der Waals surface area contributed by atoms with Gasteiger partial charge < -0.3 is 0 Å². The SMILES string of the molecule is c1ccc(-c2ccc(-c3ccc4c5cc(-c6ccccc6)c6ccccc6c5c5nc6c7ccccc7ccc6n5c4c3)cc2)cc1. The van der Waals surface area contributed by atoms with Crippen LogP contribution in [0.25, 0.3) is 93.3 Å². The summed E-state index contributed by atoms with van der Waals surface area (Å²) in [6.45, 7) is 0. The van der Waals surface area contributed by atoms with E-state index in [1.807, 2.05) is 0 Å². The van der Waals surface area contributed by atoms with Crippen LogP contribution in [0.4, 0.5) is 0 Å². The number of hydrogen-bond donors (Lipinski definition) is 0. The predicted molar refractivity (Wildman–Crippen MR) is 199 cm³/mol. The number of imidazole rings is 1. The molecule has 2 heteroatoms. The van der Waals surface area contributed by atoms with Gasteiger partial charge in [-0.25, -0.2) is 4.98 Å². The van der Waals surface area contributed by atoms with E-state index in [0.29, 0.717) is 0 Å². The van der Waals surface area contributed by atoms with Crippen molar-refractivity contribution in [3.05, 3.63) is 170 Å². The van der Waals surface area contributed by atoms with Gasteiger partial charge in [0.05, 0.1) is 16.6 Å². The highest BCUT2D eigenvalue weighted by atomic mass is 15.0. The molecule has 0 fully saturated rings. The van der Waals surface area contributed by atoms with E-state index in [-0.39, 0.29) is 0 Å². The van der Waals surface area contributed by atoms with Crippen molar-refractivity contribution in [3.63, 3.8) is 0 Å². The zero-order chi connectivity index (χ0) is 30.9. The van der Waals surface area contributed by atoms with Gasteiger partial charge in [-0.15, -0.1) is 0 Å². The second-order valence-corrected chi connectivity index (χ2v) is 12.4. The van der Waals surface area contributed by atoms with Gasteiger partial charge in [0.1, 0.15) is 5.65 Å².